The summed E-state index contributed by atoms with van der Waals surface area (Å²) in [6.45, 7) is 0. The van der Waals surface area contributed by atoms with Crippen LogP contribution in [-0.2, 0) is 10.0 Å². The number of aromatic carboxylic acids is 1. The first-order chi connectivity index (χ1) is 10.7. The average Bonchev–Trinajstić information content (AvgIpc) is 2.48. The summed E-state index contributed by atoms with van der Waals surface area (Å²) in [5.74, 6) is -1.18. The molecule has 0 unspecified atom stereocenters. The Balaban J connectivity index is 2.33. The van der Waals surface area contributed by atoms with E-state index in [2.05, 4.69) is 4.72 Å². The van der Waals surface area contributed by atoms with E-state index < -0.39 is 26.6 Å². The fourth-order valence-corrected chi connectivity index (χ4v) is 2.94. The van der Waals surface area contributed by atoms with E-state index in [1.54, 1.807) is 0 Å². The van der Waals surface area contributed by atoms with E-state index in [0.717, 1.165) is 30.3 Å². The lowest BCUT2D eigenvalue weighted by Gasteiger charge is -2.08. The highest BCUT2D eigenvalue weighted by Crippen LogP contribution is 2.28. The summed E-state index contributed by atoms with van der Waals surface area (Å²) in [6.07, 6.45) is 0. The van der Waals surface area contributed by atoms with Crippen LogP contribution in [-0.4, -0.2) is 24.4 Å². The van der Waals surface area contributed by atoms with Crippen LogP contribution in [0.25, 0.3) is 0 Å². The van der Waals surface area contributed by atoms with Crippen LogP contribution in [0.5, 0.6) is 0 Å². The molecule has 0 bridgehead atoms. The second-order valence-corrected chi connectivity index (χ2v) is 6.45. The highest BCUT2D eigenvalue weighted by molar-refractivity contribution is 7.92. The normalized spacial score (nSPS) is 11.0. The summed E-state index contributed by atoms with van der Waals surface area (Å²) < 4.78 is 26.5. The standard InChI is InChI=1S/C13H9ClN2O6S/c14-11-6-3-9(7-12(11)16(19)20)15-23(21,22)10-4-1-8(2-5-10)13(17)18/h1-7,15H,(H,17,18). The molecule has 23 heavy (non-hydrogen) atoms. The molecule has 0 aliphatic heterocycles. The number of carboxylic acids is 1. The van der Waals surface area contributed by atoms with E-state index >= 15 is 0 Å². The molecule has 0 amide bonds. The zero-order valence-electron chi connectivity index (χ0n) is 11.3. The Hall–Kier alpha value is -2.65. The van der Waals surface area contributed by atoms with Gasteiger partial charge in [-0.15, -0.1) is 0 Å². The van der Waals surface area contributed by atoms with Gasteiger partial charge < -0.3 is 5.11 Å². The minimum Gasteiger partial charge on any atom is -0.478 e. The summed E-state index contributed by atoms with van der Waals surface area (Å²) >= 11 is 5.65. The van der Waals surface area contributed by atoms with Crippen molar-refractivity contribution in [3.63, 3.8) is 0 Å². The van der Waals surface area contributed by atoms with Crippen molar-refractivity contribution in [3.8, 4) is 0 Å². The molecule has 0 saturated carbocycles. The number of nitrogens with zero attached hydrogens (tertiary/aromatic N) is 1. The molecule has 0 atom stereocenters. The number of benzene rings is 2. The lowest BCUT2D eigenvalue weighted by molar-refractivity contribution is -0.384. The number of sulfonamides is 1. The minimum atomic E-state index is -4.02. The number of nitrogens with one attached hydrogen (secondary N) is 1. The predicted molar refractivity (Wildman–Crippen MR) is 82.3 cm³/mol. The number of halogens is 1. The molecular formula is C13H9ClN2O6S. The average molecular weight is 357 g/mol. The van der Waals surface area contributed by atoms with Gasteiger partial charge in [-0.25, -0.2) is 13.2 Å². The molecule has 2 rings (SSSR count). The number of anilines is 1. The number of nitro benzene ring substituents is 1. The maximum Gasteiger partial charge on any atom is 0.335 e. The molecule has 0 heterocycles. The molecule has 2 N–H and O–H groups in total. The van der Waals surface area contributed by atoms with Gasteiger partial charge >= 0.3 is 5.97 Å². The molecule has 0 fully saturated rings. The summed E-state index contributed by atoms with van der Waals surface area (Å²) in [5, 5.41) is 19.5. The molecule has 0 aromatic heterocycles. The number of hydrogen-bond donors (Lipinski definition) is 2. The third-order valence-corrected chi connectivity index (χ3v) is 4.52. The Morgan fingerprint density at radius 3 is 2.30 bits per heavy atom. The van der Waals surface area contributed by atoms with Crippen LogP contribution in [0.2, 0.25) is 5.02 Å². The van der Waals surface area contributed by atoms with E-state index in [4.69, 9.17) is 16.7 Å². The monoisotopic (exact) mass is 356 g/mol. The summed E-state index contributed by atoms with van der Waals surface area (Å²) in [5.41, 5.74) is -0.539. The maximum absolute atomic E-state index is 12.2. The highest BCUT2D eigenvalue weighted by Gasteiger charge is 2.18. The van der Waals surface area contributed by atoms with Gasteiger partial charge in [0.25, 0.3) is 15.7 Å². The van der Waals surface area contributed by atoms with Crippen molar-refractivity contribution >= 4 is 39.0 Å². The third-order valence-electron chi connectivity index (χ3n) is 2.81. The Kier molecular flexibility index (Phi) is 4.52. The molecule has 8 nitrogen and oxygen atoms in total. The van der Waals surface area contributed by atoms with Gasteiger partial charge in [0.2, 0.25) is 0 Å². The fourth-order valence-electron chi connectivity index (χ4n) is 1.71. The molecule has 0 aliphatic rings. The maximum atomic E-state index is 12.2. The molecule has 0 spiro atoms. The van der Waals surface area contributed by atoms with Crippen molar-refractivity contribution in [1.82, 2.24) is 0 Å². The van der Waals surface area contributed by atoms with Crippen LogP contribution in [0.4, 0.5) is 11.4 Å². The smallest absolute Gasteiger partial charge is 0.335 e. The van der Waals surface area contributed by atoms with Crippen molar-refractivity contribution in [3.05, 3.63) is 63.2 Å². The molecule has 0 saturated heterocycles. The van der Waals surface area contributed by atoms with Gasteiger partial charge in [0.15, 0.2) is 0 Å². The quantitative estimate of drug-likeness (QED) is 0.626. The van der Waals surface area contributed by atoms with Crippen molar-refractivity contribution in [1.29, 1.82) is 0 Å². The van der Waals surface area contributed by atoms with Gasteiger partial charge in [0.05, 0.1) is 21.1 Å². The van der Waals surface area contributed by atoms with Crippen molar-refractivity contribution in [2.75, 3.05) is 4.72 Å². The molecule has 2 aromatic rings. The second kappa shape index (κ2) is 6.23. The SMILES string of the molecule is O=C(O)c1ccc(S(=O)(=O)Nc2ccc(Cl)c([N+](=O)[O-])c2)cc1. The topological polar surface area (TPSA) is 127 Å². The molecule has 10 heteroatoms. The number of carboxylic acid groups (broad SMARTS) is 1. The van der Waals surface area contributed by atoms with Crippen LogP contribution in [0.15, 0.2) is 47.4 Å². The first-order valence-corrected chi connectivity index (χ1v) is 7.87. The Morgan fingerprint density at radius 1 is 1.17 bits per heavy atom. The lowest BCUT2D eigenvalue weighted by Crippen LogP contribution is -2.13. The molecule has 120 valence electrons. The zero-order chi connectivity index (χ0) is 17.2. The highest BCUT2D eigenvalue weighted by atomic mass is 35.5. The van der Waals surface area contributed by atoms with Crippen LogP contribution in [0.1, 0.15) is 10.4 Å². The molecule has 0 radical (unpaired) electrons. The number of carbonyl (C=O) groups is 1. The van der Waals surface area contributed by atoms with E-state index in [0.29, 0.717) is 0 Å². The zero-order valence-corrected chi connectivity index (χ0v) is 12.8. The number of nitro groups is 1. The summed E-state index contributed by atoms with van der Waals surface area (Å²) in [7, 11) is -4.02. The predicted octanol–water partition coefficient (Wildman–Crippen LogP) is 2.75. The van der Waals surface area contributed by atoms with E-state index in [1.165, 1.54) is 12.1 Å². The number of rotatable bonds is 5. The van der Waals surface area contributed by atoms with Gasteiger partial charge in [0, 0.05) is 6.07 Å². The molecule has 2 aromatic carbocycles. The minimum absolute atomic E-state index is 0.0385. The fraction of sp³-hybridized carbons (Fsp3) is 0. The van der Waals surface area contributed by atoms with Gasteiger partial charge in [0.1, 0.15) is 5.02 Å². The largest absolute Gasteiger partial charge is 0.478 e. The van der Waals surface area contributed by atoms with E-state index in [1.807, 2.05) is 0 Å². The van der Waals surface area contributed by atoms with Gasteiger partial charge in [-0.3, -0.25) is 14.8 Å². The second-order valence-electron chi connectivity index (χ2n) is 4.36. The third kappa shape index (κ3) is 3.76. The van der Waals surface area contributed by atoms with Crippen molar-refractivity contribution < 1.29 is 23.2 Å². The van der Waals surface area contributed by atoms with Crippen molar-refractivity contribution in [2.24, 2.45) is 0 Å². The van der Waals surface area contributed by atoms with Crippen LogP contribution in [0, 0.1) is 10.1 Å². The van der Waals surface area contributed by atoms with Crippen LogP contribution >= 0.6 is 11.6 Å². The van der Waals surface area contributed by atoms with Gasteiger partial charge in [-0.1, -0.05) is 11.6 Å². The Bertz CT molecular complexity index is 880. The summed E-state index contributed by atoms with van der Waals surface area (Å²) in [6, 6.07) is 7.99. The van der Waals surface area contributed by atoms with Crippen LogP contribution in [0.3, 0.4) is 0 Å². The number of hydrogen-bond acceptors (Lipinski definition) is 5. The van der Waals surface area contributed by atoms with E-state index in [9.17, 15) is 23.3 Å². The molecule has 0 aliphatic carbocycles. The van der Waals surface area contributed by atoms with Crippen LogP contribution < -0.4 is 4.72 Å². The van der Waals surface area contributed by atoms with Gasteiger partial charge in [-0.05, 0) is 36.4 Å². The Morgan fingerprint density at radius 2 is 1.78 bits per heavy atom. The first kappa shape index (κ1) is 16.7. The van der Waals surface area contributed by atoms with Gasteiger partial charge in [-0.2, -0.15) is 0 Å². The van der Waals surface area contributed by atoms with Crippen molar-refractivity contribution in [2.45, 2.75) is 4.90 Å². The summed E-state index contributed by atoms with van der Waals surface area (Å²) in [4.78, 5) is 20.6. The Labute approximate surface area is 135 Å². The lowest BCUT2D eigenvalue weighted by atomic mass is 10.2. The first-order valence-electron chi connectivity index (χ1n) is 6.01. The van der Waals surface area contributed by atoms with E-state index in [-0.39, 0.29) is 21.2 Å². The molecular weight excluding hydrogens is 348 g/mol.